The highest BCUT2D eigenvalue weighted by atomic mass is 15.2. The Bertz CT molecular complexity index is 343. The van der Waals surface area contributed by atoms with Crippen LogP contribution < -0.4 is 10.6 Å². The van der Waals surface area contributed by atoms with Gasteiger partial charge in [-0.3, -0.25) is 4.90 Å². The molecule has 0 unspecified atom stereocenters. The van der Waals surface area contributed by atoms with Gasteiger partial charge in [-0.1, -0.05) is 18.2 Å². The predicted octanol–water partition coefficient (Wildman–Crippen LogP) is 1.91. The largest absolute Gasteiger partial charge is 0.383 e. The van der Waals surface area contributed by atoms with Crippen LogP contribution in [-0.2, 0) is 6.54 Å². The van der Waals surface area contributed by atoms with E-state index in [9.17, 15) is 0 Å². The molecule has 0 saturated carbocycles. The molecule has 0 aliphatic carbocycles. The predicted molar refractivity (Wildman–Crippen MR) is 73.3 cm³/mol. The molecule has 0 amide bonds. The van der Waals surface area contributed by atoms with Gasteiger partial charge in [0.2, 0.25) is 0 Å². The van der Waals surface area contributed by atoms with Gasteiger partial charge in [-0.05, 0) is 25.5 Å². The summed E-state index contributed by atoms with van der Waals surface area (Å²) < 4.78 is 0. The maximum Gasteiger partial charge on any atom is 0.0387 e. The summed E-state index contributed by atoms with van der Waals surface area (Å²) in [6, 6.07) is 9.12. The van der Waals surface area contributed by atoms with Gasteiger partial charge in [0.15, 0.2) is 0 Å². The first-order valence-electron chi connectivity index (χ1n) is 6.53. The molecular formula is C14H23N3. The number of benzene rings is 1. The molecule has 1 heterocycles. The van der Waals surface area contributed by atoms with Crippen molar-refractivity contribution in [2.75, 3.05) is 31.5 Å². The zero-order valence-corrected chi connectivity index (χ0v) is 10.9. The Balaban J connectivity index is 2.03. The van der Waals surface area contributed by atoms with Crippen molar-refractivity contribution in [3.8, 4) is 0 Å². The third-order valence-electron chi connectivity index (χ3n) is 3.07. The minimum Gasteiger partial charge on any atom is -0.383 e. The Morgan fingerprint density at radius 1 is 1.24 bits per heavy atom. The lowest BCUT2D eigenvalue weighted by atomic mass is 10.1. The van der Waals surface area contributed by atoms with Crippen LogP contribution in [0.15, 0.2) is 24.3 Å². The second kappa shape index (κ2) is 6.03. The summed E-state index contributed by atoms with van der Waals surface area (Å²) in [5.74, 6) is 0. The fraction of sp³-hybridized carbons (Fsp3) is 0.571. The molecule has 0 spiro atoms. The van der Waals surface area contributed by atoms with E-state index in [1.54, 1.807) is 0 Å². The second-order valence-corrected chi connectivity index (χ2v) is 4.98. The van der Waals surface area contributed by atoms with Crippen LogP contribution in [0.1, 0.15) is 19.4 Å². The number of rotatable bonds is 4. The molecule has 94 valence electrons. The Labute approximate surface area is 104 Å². The first kappa shape index (κ1) is 12.4. The third-order valence-corrected chi connectivity index (χ3v) is 3.07. The third kappa shape index (κ3) is 3.72. The van der Waals surface area contributed by atoms with E-state index < -0.39 is 0 Å². The van der Waals surface area contributed by atoms with Gasteiger partial charge in [-0.15, -0.1) is 0 Å². The first-order valence-corrected chi connectivity index (χ1v) is 6.53. The van der Waals surface area contributed by atoms with Crippen LogP contribution in [0.25, 0.3) is 0 Å². The number of nitrogens with one attached hydrogen (secondary N) is 2. The zero-order valence-electron chi connectivity index (χ0n) is 10.9. The fourth-order valence-electron chi connectivity index (χ4n) is 2.22. The topological polar surface area (TPSA) is 27.3 Å². The van der Waals surface area contributed by atoms with E-state index in [1.807, 2.05) is 0 Å². The molecule has 3 heteroatoms. The van der Waals surface area contributed by atoms with E-state index in [-0.39, 0.29) is 0 Å². The summed E-state index contributed by atoms with van der Waals surface area (Å²) in [6.07, 6.45) is 0. The molecule has 0 radical (unpaired) electrons. The average Bonchev–Trinajstić information content (AvgIpc) is 2.32. The van der Waals surface area contributed by atoms with E-state index in [4.69, 9.17) is 0 Å². The van der Waals surface area contributed by atoms with Crippen LogP contribution >= 0.6 is 0 Å². The van der Waals surface area contributed by atoms with Crippen molar-refractivity contribution in [1.29, 1.82) is 0 Å². The van der Waals surface area contributed by atoms with Crippen molar-refractivity contribution in [2.45, 2.75) is 26.4 Å². The van der Waals surface area contributed by atoms with Crippen molar-refractivity contribution < 1.29 is 0 Å². The quantitative estimate of drug-likeness (QED) is 0.832. The number of para-hydroxylation sites is 1. The maximum atomic E-state index is 3.52. The Kier molecular flexibility index (Phi) is 4.40. The first-order chi connectivity index (χ1) is 8.25. The van der Waals surface area contributed by atoms with Crippen LogP contribution in [0.2, 0.25) is 0 Å². The van der Waals surface area contributed by atoms with E-state index in [0.29, 0.717) is 6.04 Å². The molecule has 2 N–H and O–H groups in total. The number of anilines is 1. The number of hydrogen-bond acceptors (Lipinski definition) is 3. The van der Waals surface area contributed by atoms with Crippen molar-refractivity contribution in [1.82, 2.24) is 10.2 Å². The SMILES string of the molecule is CC(C)Nc1ccccc1CN1CCNCC1. The van der Waals surface area contributed by atoms with Crippen LogP contribution in [0.4, 0.5) is 5.69 Å². The van der Waals surface area contributed by atoms with Gasteiger partial charge in [-0.2, -0.15) is 0 Å². The number of piperazine rings is 1. The standard InChI is InChI=1S/C14H23N3/c1-12(2)16-14-6-4-3-5-13(14)11-17-9-7-15-8-10-17/h3-6,12,15-16H,7-11H2,1-2H3. The lowest BCUT2D eigenvalue weighted by Gasteiger charge is -2.28. The normalized spacial score (nSPS) is 17.4. The smallest absolute Gasteiger partial charge is 0.0387 e. The van der Waals surface area contributed by atoms with Gasteiger partial charge in [0.25, 0.3) is 0 Å². The molecule has 0 aromatic heterocycles. The Morgan fingerprint density at radius 3 is 2.65 bits per heavy atom. The summed E-state index contributed by atoms with van der Waals surface area (Å²) >= 11 is 0. The minimum atomic E-state index is 0.485. The van der Waals surface area contributed by atoms with Crippen LogP contribution in [0.5, 0.6) is 0 Å². The molecule has 1 saturated heterocycles. The van der Waals surface area contributed by atoms with Crippen molar-refractivity contribution in [3.63, 3.8) is 0 Å². The van der Waals surface area contributed by atoms with E-state index in [0.717, 1.165) is 32.7 Å². The number of nitrogens with zero attached hydrogens (tertiary/aromatic N) is 1. The lowest BCUT2D eigenvalue weighted by molar-refractivity contribution is 0.233. The van der Waals surface area contributed by atoms with Gasteiger partial charge < -0.3 is 10.6 Å². The summed E-state index contributed by atoms with van der Waals surface area (Å²) in [5.41, 5.74) is 2.68. The Hall–Kier alpha value is -1.06. The molecule has 1 aromatic rings. The second-order valence-electron chi connectivity index (χ2n) is 4.98. The lowest BCUT2D eigenvalue weighted by Crippen LogP contribution is -2.43. The molecule has 0 atom stereocenters. The summed E-state index contributed by atoms with van der Waals surface area (Å²) in [6.45, 7) is 9.94. The average molecular weight is 233 g/mol. The molecule has 1 aromatic carbocycles. The monoisotopic (exact) mass is 233 g/mol. The van der Waals surface area contributed by atoms with E-state index in [1.165, 1.54) is 11.3 Å². The van der Waals surface area contributed by atoms with Gasteiger partial charge in [0.05, 0.1) is 0 Å². The van der Waals surface area contributed by atoms with Gasteiger partial charge in [-0.25, -0.2) is 0 Å². The number of hydrogen-bond donors (Lipinski definition) is 2. The molecule has 1 fully saturated rings. The molecule has 1 aliphatic rings. The molecule has 1 aliphatic heterocycles. The highest BCUT2D eigenvalue weighted by molar-refractivity contribution is 5.51. The van der Waals surface area contributed by atoms with Gasteiger partial charge in [0, 0.05) is 44.5 Å². The minimum absolute atomic E-state index is 0.485. The fourth-order valence-corrected chi connectivity index (χ4v) is 2.22. The summed E-state index contributed by atoms with van der Waals surface area (Å²) in [7, 11) is 0. The molecule has 2 rings (SSSR count). The zero-order chi connectivity index (χ0) is 12.1. The van der Waals surface area contributed by atoms with Crippen LogP contribution in [0, 0.1) is 0 Å². The van der Waals surface area contributed by atoms with Gasteiger partial charge in [0.1, 0.15) is 0 Å². The summed E-state index contributed by atoms with van der Waals surface area (Å²) in [5, 5.41) is 6.91. The summed E-state index contributed by atoms with van der Waals surface area (Å²) in [4.78, 5) is 2.51. The van der Waals surface area contributed by atoms with E-state index >= 15 is 0 Å². The highest BCUT2D eigenvalue weighted by Crippen LogP contribution is 2.18. The maximum absolute atomic E-state index is 3.52. The van der Waals surface area contributed by atoms with Crippen molar-refractivity contribution >= 4 is 5.69 Å². The Morgan fingerprint density at radius 2 is 1.94 bits per heavy atom. The molecule has 3 nitrogen and oxygen atoms in total. The molecule has 0 bridgehead atoms. The molecular weight excluding hydrogens is 210 g/mol. The molecule has 17 heavy (non-hydrogen) atoms. The van der Waals surface area contributed by atoms with Crippen LogP contribution in [0.3, 0.4) is 0 Å². The highest BCUT2D eigenvalue weighted by Gasteiger charge is 2.11. The van der Waals surface area contributed by atoms with E-state index in [2.05, 4.69) is 53.6 Å². The van der Waals surface area contributed by atoms with Crippen LogP contribution in [-0.4, -0.2) is 37.1 Å². The van der Waals surface area contributed by atoms with Crippen molar-refractivity contribution in [2.24, 2.45) is 0 Å². The van der Waals surface area contributed by atoms with Gasteiger partial charge >= 0.3 is 0 Å². The van der Waals surface area contributed by atoms with Crippen molar-refractivity contribution in [3.05, 3.63) is 29.8 Å².